The normalized spacial score (nSPS) is 15.1. The number of alkyl halides is 3. The van der Waals surface area contributed by atoms with Gasteiger partial charge in [-0.25, -0.2) is 4.39 Å². The molecule has 0 bridgehead atoms. The van der Waals surface area contributed by atoms with Crippen LogP contribution in [0.5, 0.6) is 0 Å². The van der Waals surface area contributed by atoms with E-state index in [1.807, 2.05) is 0 Å². The van der Waals surface area contributed by atoms with Gasteiger partial charge >= 0.3 is 6.18 Å². The summed E-state index contributed by atoms with van der Waals surface area (Å²) in [5.74, 6) is -0.857. The molecule has 2 aromatic heterocycles. The number of carbonyl (C=O) groups excluding carboxylic acids is 1. The number of carbonyl (C=O) groups is 1. The molecule has 1 N–H and O–H groups in total. The summed E-state index contributed by atoms with van der Waals surface area (Å²) in [5.41, 5.74) is -0.0338. The number of nitrogens with one attached hydrogen (secondary N) is 1. The Bertz CT molecular complexity index is 1170. The third kappa shape index (κ3) is 4.68. The van der Waals surface area contributed by atoms with E-state index in [0.717, 1.165) is 17.5 Å². The van der Waals surface area contributed by atoms with Crippen molar-refractivity contribution in [3.63, 3.8) is 0 Å². The van der Waals surface area contributed by atoms with E-state index in [1.165, 1.54) is 29.8 Å². The first-order valence-electron chi connectivity index (χ1n) is 9.68. The Labute approximate surface area is 193 Å². The van der Waals surface area contributed by atoms with E-state index in [4.69, 9.17) is 11.6 Å². The minimum atomic E-state index is -4.63. The highest BCUT2D eigenvalue weighted by atomic mass is 79.9. The first kappa shape index (κ1) is 22.8. The minimum absolute atomic E-state index is 0.0668. The standard InChI is InChI=1S/C20H17BrClF4N5O/c1-10(31-17(11-2-3-11)16(21)18(29-31)20(24,25)26)19(32)27-15-6-7-30(28-15)9-12-4-5-13(23)8-14(12)22/h4-8,10-11H,2-3,9H2,1H3,(H,27,28,32). The van der Waals surface area contributed by atoms with Gasteiger partial charge in [0, 0.05) is 23.2 Å². The van der Waals surface area contributed by atoms with E-state index >= 15 is 0 Å². The van der Waals surface area contributed by atoms with E-state index in [-0.39, 0.29) is 27.8 Å². The summed E-state index contributed by atoms with van der Waals surface area (Å²) in [7, 11) is 0. The largest absolute Gasteiger partial charge is 0.436 e. The Hall–Kier alpha value is -2.40. The van der Waals surface area contributed by atoms with Crippen LogP contribution >= 0.6 is 27.5 Å². The van der Waals surface area contributed by atoms with Crippen LogP contribution in [0, 0.1) is 5.82 Å². The monoisotopic (exact) mass is 533 g/mol. The van der Waals surface area contributed by atoms with Crippen molar-refractivity contribution in [2.75, 3.05) is 5.32 Å². The van der Waals surface area contributed by atoms with Crippen LogP contribution in [0.4, 0.5) is 23.4 Å². The van der Waals surface area contributed by atoms with Gasteiger partial charge in [0.25, 0.3) is 0 Å². The lowest BCUT2D eigenvalue weighted by atomic mass is 10.2. The van der Waals surface area contributed by atoms with Gasteiger partial charge in [-0.1, -0.05) is 17.7 Å². The van der Waals surface area contributed by atoms with Crippen molar-refractivity contribution < 1.29 is 22.4 Å². The average molecular weight is 535 g/mol. The van der Waals surface area contributed by atoms with Gasteiger partial charge < -0.3 is 5.32 Å². The van der Waals surface area contributed by atoms with Gasteiger partial charge in [-0.05, 0) is 53.4 Å². The molecule has 1 aliphatic rings. The lowest BCUT2D eigenvalue weighted by molar-refractivity contribution is -0.142. The SMILES string of the molecule is CC(C(=O)Nc1ccn(Cc2ccc(F)cc2Cl)n1)n1nc(C(F)(F)F)c(Br)c1C1CC1. The molecule has 2 heterocycles. The second-order valence-corrected chi connectivity index (χ2v) is 8.76. The molecule has 32 heavy (non-hydrogen) atoms. The van der Waals surface area contributed by atoms with Gasteiger partial charge in [-0.2, -0.15) is 23.4 Å². The second kappa shape index (κ2) is 8.51. The van der Waals surface area contributed by atoms with Crippen molar-refractivity contribution in [2.24, 2.45) is 0 Å². The molecule has 0 spiro atoms. The van der Waals surface area contributed by atoms with Crippen LogP contribution in [0.15, 0.2) is 34.9 Å². The molecule has 4 rings (SSSR count). The van der Waals surface area contributed by atoms with Gasteiger partial charge in [0.05, 0.1) is 16.7 Å². The van der Waals surface area contributed by atoms with Crippen molar-refractivity contribution in [2.45, 2.75) is 44.4 Å². The zero-order valence-electron chi connectivity index (χ0n) is 16.6. The van der Waals surface area contributed by atoms with Crippen molar-refractivity contribution in [1.29, 1.82) is 0 Å². The van der Waals surface area contributed by atoms with Crippen LogP contribution < -0.4 is 5.32 Å². The molecule has 1 aromatic carbocycles. The third-order valence-electron chi connectivity index (χ3n) is 5.11. The number of anilines is 1. The molecule has 12 heteroatoms. The quantitative estimate of drug-likeness (QED) is 0.408. The summed E-state index contributed by atoms with van der Waals surface area (Å²) in [6.07, 6.45) is -1.55. The van der Waals surface area contributed by atoms with E-state index in [1.54, 1.807) is 12.3 Å². The molecular weight excluding hydrogens is 518 g/mol. The fourth-order valence-electron chi connectivity index (χ4n) is 3.31. The first-order chi connectivity index (χ1) is 15.0. The number of rotatable bonds is 6. The minimum Gasteiger partial charge on any atom is -0.307 e. The maximum Gasteiger partial charge on any atom is 0.436 e. The maximum atomic E-state index is 13.3. The van der Waals surface area contributed by atoms with Gasteiger partial charge in [0.2, 0.25) is 5.91 Å². The molecule has 170 valence electrons. The molecule has 0 radical (unpaired) electrons. The lowest BCUT2D eigenvalue weighted by Gasteiger charge is -2.15. The third-order valence-corrected chi connectivity index (χ3v) is 6.24. The summed E-state index contributed by atoms with van der Waals surface area (Å²) in [6, 6.07) is 4.56. The smallest absolute Gasteiger partial charge is 0.307 e. The number of aromatic nitrogens is 4. The predicted molar refractivity (Wildman–Crippen MR) is 113 cm³/mol. The fourth-order valence-corrected chi connectivity index (χ4v) is 4.35. The average Bonchev–Trinajstić information content (AvgIpc) is 3.34. The number of hydrogen-bond donors (Lipinski definition) is 1. The zero-order chi connectivity index (χ0) is 23.2. The van der Waals surface area contributed by atoms with Crippen LogP contribution in [0.25, 0.3) is 0 Å². The summed E-state index contributed by atoms with van der Waals surface area (Å²) in [5, 5.41) is 10.8. The van der Waals surface area contributed by atoms with Gasteiger partial charge in [-0.15, -0.1) is 0 Å². The van der Waals surface area contributed by atoms with E-state index in [2.05, 4.69) is 31.4 Å². The molecule has 1 amide bonds. The second-order valence-electron chi connectivity index (χ2n) is 7.56. The van der Waals surface area contributed by atoms with Crippen LogP contribution in [0.1, 0.15) is 48.7 Å². The topological polar surface area (TPSA) is 64.7 Å². The number of amides is 1. The van der Waals surface area contributed by atoms with Crippen LogP contribution in [0.3, 0.4) is 0 Å². The lowest BCUT2D eigenvalue weighted by Crippen LogP contribution is -2.26. The number of nitrogens with zero attached hydrogens (tertiary/aromatic N) is 4. The Morgan fingerprint density at radius 3 is 2.66 bits per heavy atom. The Kier molecular flexibility index (Phi) is 6.06. The highest BCUT2D eigenvalue weighted by Crippen LogP contribution is 2.47. The number of benzene rings is 1. The van der Waals surface area contributed by atoms with E-state index < -0.39 is 29.6 Å². The molecule has 3 aromatic rings. The Morgan fingerprint density at radius 2 is 2.03 bits per heavy atom. The van der Waals surface area contributed by atoms with Gasteiger partial charge in [0.15, 0.2) is 11.5 Å². The number of halogens is 6. The number of hydrogen-bond acceptors (Lipinski definition) is 3. The summed E-state index contributed by atoms with van der Waals surface area (Å²) >= 11 is 9.05. The summed E-state index contributed by atoms with van der Waals surface area (Å²) < 4.78 is 55.7. The molecule has 1 aliphatic carbocycles. The highest BCUT2D eigenvalue weighted by Gasteiger charge is 2.43. The molecular formula is C20H17BrClF4N5O. The van der Waals surface area contributed by atoms with Crippen LogP contribution in [-0.4, -0.2) is 25.5 Å². The molecule has 1 atom stereocenters. The maximum absolute atomic E-state index is 13.3. The predicted octanol–water partition coefficient (Wildman–Crippen LogP) is 5.78. The first-order valence-corrected chi connectivity index (χ1v) is 10.8. The Morgan fingerprint density at radius 1 is 1.31 bits per heavy atom. The van der Waals surface area contributed by atoms with Gasteiger partial charge in [-0.3, -0.25) is 14.2 Å². The van der Waals surface area contributed by atoms with Crippen LogP contribution in [-0.2, 0) is 17.5 Å². The Balaban J connectivity index is 1.50. The molecule has 1 unspecified atom stereocenters. The van der Waals surface area contributed by atoms with Crippen molar-refractivity contribution in [1.82, 2.24) is 19.6 Å². The van der Waals surface area contributed by atoms with Crippen LogP contribution in [0.2, 0.25) is 5.02 Å². The fraction of sp³-hybridized carbons (Fsp3) is 0.350. The summed E-state index contributed by atoms with van der Waals surface area (Å²) in [6.45, 7) is 1.73. The summed E-state index contributed by atoms with van der Waals surface area (Å²) in [4.78, 5) is 12.8. The van der Waals surface area contributed by atoms with Crippen molar-refractivity contribution in [3.8, 4) is 0 Å². The van der Waals surface area contributed by atoms with Crippen molar-refractivity contribution in [3.05, 3.63) is 62.7 Å². The molecule has 0 aliphatic heterocycles. The zero-order valence-corrected chi connectivity index (χ0v) is 19.0. The molecule has 6 nitrogen and oxygen atoms in total. The van der Waals surface area contributed by atoms with Crippen molar-refractivity contribution >= 4 is 39.3 Å². The van der Waals surface area contributed by atoms with E-state index in [0.29, 0.717) is 11.3 Å². The van der Waals surface area contributed by atoms with Gasteiger partial charge in [0.1, 0.15) is 11.9 Å². The van der Waals surface area contributed by atoms with E-state index in [9.17, 15) is 22.4 Å². The molecule has 0 saturated heterocycles. The molecule has 1 fully saturated rings. The highest BCUT2D eigenvalue weighted by molar-refractivity contribution is 9.10. The molecule has 1 saturated carbocycles.